The number of benzene rings is 1. The molecule has 2 rings (SSSR count). The van der Waals surface area contributed by atoms with E-state index in [2.05, 4.69) is 36.5 Å². The number of nitrogens with zero attached hydrogens (tertiary/aromatic N) is 1. The molecule has 0 radical (unpaired) electrons. The van der Waals surface area contributed by atoms with E-state index in [1.54, 1.807) is 0 Å². The summed E-state index contributed by atoms with van der Waals surface area (Å²) in [5.41, 5.74) is 2.45. The molecule has 110 valence electrons. The number of hydrogen-bond acceptors (Lipinski definition) is 2. The molecule has 0 aliphatic carbocycles. The molecule has 1 aliphatic heterocycles. The molecule has 1 heterocycles. The van der Waals surface area contributed by atoms with Gasteiger partial charge in [-0.25, -0.2) is 0 Å². The molecule has 0 bridgehead atoms. The van der Waals surface area contributed by atoms with E-state index >= 15 is 0 Å². The Morgan fingerprint density at radius 1 is 1.40 bits per heavy atom. The van der Waals surface area contributed by atoms with Crippen LogP contribution in [0.5, 0.6) is 0 Å². The molecule has 1 N–H and O–H groups in total. The highest BCUT2D eigenvalue weighted by Gasteiger charge is 2.16. The number of amides is 1. The van der Waals surface area contributed by atoms with E-state index in [1.165, 1.54) is 30.4 Å². The van der Waals surface area contributed by atoms with Crippen molar-refractivity contribution in [3.63, 3.8) is 0 Å². The summed E-state index contributed by atoms with van der Waals surface area (Å²) in [5.74, 6) is 0.249. The van der Waals surface area contributed by atoms with Crippen LogP contribution in [0.2, 0.25) is 0 Å². The van der Waals surface area contributed by atoms with Crippen molar-refractivity contribution >= 4 is 5.91 Å². The molecular weight excluding hydrogens is 248 g/mol. The molecule has 3 nitrogen and oxygen atoms in total. The number of rotatable bonds is 5. The summed E-state index contributed by atoms with van der Waals surface area (Å²) in [5, 5.41) is 3.50. The largest absolute Gasteiger partial charge is 0.341 e. The maximum absolute atomic E-state index is 12.2. The second-order valence-corrected chi connectivity index (χ2v) is 5.92. The van der Waals surface area contributed by atoms with E-state index in [1.807, 2.05) is 11.9 Å². The van der Waals surface area contributed by atoms with Crippen molar-refractivity contribution in [2.75, 3.05) is 13.6 Å². The fourth-order valence-corrected chi connectivity index (χ4v) is 2.83. The standard InChI is InChI=1S/C17H26N2O/c1-14-6-5-7-15(12-14)13-19(2)17(20)10-9-16-8-3-4-11-18-16/h5-7,12,16,18H,3-4,8-11,13H2,1-2H3. The number of carbonyl (C=O) groups is 1. The molecule has 1 fully saturated rings. The Balaban J connectivity index is 1.76. The van der Waals surface area contributed by atoms with Crippen LogP contribution in [0.15, 0.2) is 24.3 Å². The Bertz CT molecular complexity index is 438. The molecule has 1 aliphatic rings. The molecule has 1 saturated heterocycles. The van der Waals surface area contributed by atoms with Gasteiger partial charge in [0, 0.05) is 26.1 Å². The molecular formula is C17H26N2O. The minimum absolute atomic E-state index is 0.249. The summed E-state index contributed by atoms with van der Waals surface area (Å²) in [6.07, 6.45) is 5.41. The van der Waals surface area contributed by atoms with E-state index in [9.17, 15) is 4.79 Å². The van der Waals surface area contributed by atoms with Crippen molar-refractivity contribution in [2.45, 2.75) is 51.6 Å². The van der Waals surface area contributed by atoms with Crippen LogP contribution in [0.1, 0.15) is 43.2 Å². The average Bonchev–Trinajstić information content (AvgIpc) is 2.46. The molecule has 0 aromatic heterocycles. The first kappa shape index (κ1) is 15.0. The van der Waals surface area contributed by atoms with Crippen LogP contribution in [0.25, 0.3) is 0 Å². The highest BCUT2D eigenvalue weighted by Crippen LogP contribution is 2.13. The topological polar surface area (TPSA) is 32.3 Å². The number of hydrogen-bond donors (Lipinski definition) is 1. The smallest absolute Gasteiger partial charge is 0.222 e. The van der Waals surface area contributed by atoms with E-state index in [0.29, 0.717) is 19.0 Å². The predicted molar refractivity (Wildman–Crippen MR) is 82.5 cm³/mol. The van der Waals surface area contributed by atoms with E-state index < -0.39 is 0 Å². The average molecular weight is 274 g/mol. The minimum atomic E-state index is 0.249. The maximum atomic E-state index is 12.2. The summed E-state index contributed by atoms with van der Waals surface area (Å²) < 4.78 is 0. The van der Waals surface area contributed by atoms with Crippen molar-refractivity contribution in [2.24, 2.45) is 0 Å². The zero-order valence-electron chi connectivity index (χ0n) is 12.7. The van der Waals surface area contributed by atoms with Gasteiger partial charge in [0.05, 0.1) is 0 Å². The second kappa shape index (κ2) is 7.44. The van der Waals surface area contributed by atoms with Crippen LogP contribution in [0, 0.1) is 6.92 Å². The van der Waals surface area contributed by atoms with Gasteiger partial charge in [0.2, 0.25) is 5.91 Å². The first-order valence-corrected chi connectivity index (χ1v) is 7.68. The maximum Gasteiger partial charge on any atom is 0.222 e. The first-order chi connectivity index (χ1) is 9.65. The molecule has 1 aromatic carbocycles. The first-order valence-electron chi connectivity index (χ1n) is 7.68. The third-order valence-corrected chi connectivity index (χ3v) is 4.05. The Morgan fingerprint density at radius 3 is 2.95 bits per heavy atom. The summed E-state index contributed by atoms with van der Waals surface area (Å²) >= 11 is 0. The van der Waals surface area contributed by atoms with Crippen molar-refractivity contribution in [1.82, 2.24) is 10.2 Å². The lowest BCUT2D eigenvalue weighted by Gasteiger charge is -2.24. The van der Waals surface area contributed by atoms with Crippen molar-refractivity contribution < 1.29 is 4.79 Å². The van der Waals surface area contributed by atoms with Crippen LogP contribution in [-0.2, 0) is 11.3 Å². The van der Waals surface area contributed by atoms with Gasteiger partial charge in [-0.15, -0.1) is 0 Å². The van der Waals surface area contributed by atoms with Gasteiger partial charge < -0.3 is 10.2 Å². The van der Waals surface area contributed by atoms with Crippen molar-refractivity contribution in [3.05, 3.63) is 35.4 Å². The molecule has 20 heavy (non-hydrogen) atoms. The second-order valence-electron chi connectivity index (χ2n) is 5.92. The lowest BCUT2D eigenvalue weighted by Crippen LogP contribution is -2.35. The molecule has 1 atom stereocenters. The highest BCUT2D eigenvalue weighted by atomic mass is 16.2. The van der Waals surface area contributed by atoms with Gasteiger partial charge in [0.25, 0.3) is 0 Å². The Labute approximate surface area is 122 Å². The van der Waals surface area contributed by atoms with Crippen LogP contribution >= 0.6 is 0 Å². The summed E-state index contributed by atoms with van der Waals surface area (Å²) in [6, 6.07) is 8.90. The monoisotopic (exact) mass is 274 g/mol. The SMILES string of the molecule is Cc1cccc(CN(C)C(=O)CCC2CCCCN2)c1. The molecule has 1 unspecified atom stereocenters. The van der Waals surface area contributed by atoms with Crippen molar-refractivity contribution in [1.29, 1.82) is 0 Å². The van der Waals surface area contributed by atoms with Gasteiger partial charge in [-0.1, -0.05) is 36.2 Å². The Hall–Kier alpha value is -1.35. The summed E-state index contributed by atoms with van der Waals surface area (Å²) in [4.78, 5) is 14.0. The van der Waals surface area contributed by atoms with Gasteiger partial charge in [-0.05, 0) is 38.3 Å². The zero-order chi connectivity index (χ0) is 14.4. The molecule has 1 amide bonds. The van der Waals surface area contributed by atoms with Crippen LogP contribution in [0.4, 0.5) is 0 Å². The number of carbonyl (C=O) groups excluding carboxylic acids is 1. The Morgan fingerprint density at radius 2 is 2.25 bits per heavy atom. The van der Waals surface area contributed by atoms with E-state index in [0.717, 1.165) is 13.0 Å². The van der Waals surface area contributed by atoms with Gasteiger partial charge in [0.1, 0.15) is 0 Å². The number of piperidine rings is 1. The third kappa shape index (κ3) is 4.64. The fourth-order valence-electron chi connectivity index (χ4n) is 2.83. The van der Waals surface area contributed by atoms with Gasteiger partial charge in [-0.2, -0.15) is 0 Å². The highest BCUT2D eigenvalue weighted by molar-refractivity contribution is 5.75. The minimum Gasteiger partial charge on any atom is -0.341 e. The van der Waals surface area contributed by atoms with Crippen LogP contribution < -0.4 is 5.32 Å². The van der Waals surface area contributed by atoms with Crippen LogP contribution in [-0.4, -0.2) is 30.4 Å². The molecule has 1 aromatic rings. The number of nitrogens with one attached hydrogen (secondary N) is 1. The summed E-state index contributed by atoms with van der Waals surface area (Å²) in [6.45, 7) is 3.90. The normalized spacial score (nSPS) is 18.8. The summed E-state index contributed by atoms with van der Waals surface area (Å²) in [7, 11) is 1.90. The molecule has 3 heteroatoms. The zero-order valence-corrected chi connectivity index (χ0v) is 12.7. The fraction of sp³-hybridized carbons (Fsp3) is 0.588. The lowest BCUT2D eigenvalue weighted by atomic mass is 10.0. The number of aryl methyl sites for hydroxylation is 1. The quantitative estimate of drug-likeness (QED) is 0.895. The van der Waals surface area contributed by atoms with E-state index in [-0.39, 0.29) is 5.91 Å². The lowest BCUT2D eigenvalue weighted by molar-refractivity contribution is -0.130. The van der Waals surface area contributed by atoms with Gasteiger partial charge >= 0.3 is 0 Å². The van der Waals surface area contributed by atoms with Gasteiger partial charge in [0.15, 0.2) is 0 Å². The van der Waals surface area contributed by atoms with Crippen LogP contribution in [0.3, 0.4) is 0 Å². The third-order valence-electron chi connectivity index (χ3n) is 4.05. The van der Waals surface area contributed by atoms with E-state index in [4.69, 9.17) is 0 Å². The Kier molecular flexibility index (Phi) is 5.60. The van der Waals surface area contributed by atoms with Crippen molar-refractivity contribution in [3.8, 4) is 0 Å². The predicted octanol–water partition coefficient (Wildman–Crippen LogP) is 2.88. The van der Waals surface area contributed by atoms with Gasteiger partial charge in [-0.3, -0.25) is 4.79 Å². The molecule has 0 saturated carbocycles. The molecule has 0 spiro atoms.